The normalized spacial score (nSPS) is 12.6. The van der Waals surface area contributed by atoms with E-state index in [1.807, 2.05) is 24.3 Å². The Labute approximate surface area is 104 Å². The monoisotopic (exact) mass is 252 g/mol. The number of thiophene rings is 1. The van der Waals surface area contributed by atoms with Crippen LogP contribution in [0.3, 0.4) is 0 Å². The number of benzene rings is 1. The first-order valence-corrected chi connectivity index (χ1v) is 6.29. The molecule has 0 saturated carbocycles. The minimum Gasteiger partial charge on any atom is -0.271 e. The average Bonchev–Trinajstić information content (AvgIpc) is 2.80. The van der Waals surface area contributed by atoms with Crippen LogP contribution in [-0.2, 0) is 6.42 Å². The fourth-order valence-electron chi connectivity index (χ4n) is 1.60. The molecule has 2 aromatic rings. The first-order valence-electron chi connectivity index (χ1n) is 5.03. The van der Waals surface area contributed by atoms with E-state index in [-0.39, 0.29) is 6.04 Å². The van der Waals surface area contributed by atoms with Gasteiger partial charge in [0.15, 0.2) is 0 Å². The molecule has 0 aliphatic carbocycles. The molecule has 0 spiro atoms. The summed E-state index contributed by atoms with van der Waals surface area (Å²) in [5, 5.41) is 2.82. The van der Waals surface area contributed by atoms with E-state index in [1.54, 1.807) is 11.3 Å². The van der Waals surface area contributed by atoms with Crippen LogP contribution >= 0.6 is 22.9 Å². The summed E-state index contributed by atoms with van der Waals surface area (Å²) in [5.41, 5.74) is 3.99. The van der Waals surface area contributed by atoms with Gasteiger partial charge in [0.1, 0.15) is 0 Å². The highest BCUT2D eigenvalue weighted by Gasteiger charge is 2.10. The summed E-state index contributed by atoms with van der Waals surface area (Å²) < 4.78 is 0. The van der Waals surface area contributed by atoms with Crippen LogP contribution in [0.1, 0.15) is 16.5 Å². The molecule has 1 aromatic heterocycles. The van der Waals surface area contributed by atoms with Crippen LogP contribution in [0.15, 0.2) is 41.8 Å². The Morgan fingerprint density at radius 3 is 2.56 bits per heavy atom. The van der Waals surface area contributed by atoms with E-state index in [1.165, 1.54) is 4.88 Å². The van der Waals surface area contributed by atoms with Crippen LogP contribution in [0.4, 0.5) is 0 Å². The van der Waals surface area contributed by atoms with Crippen LogP contribution in [0.2, 0.25) is 5.02 Å². The maximum atomic E-state index is 5.85. The number of hydrogen-bond donors (Lipinski definition) is 2. The van der Waals surface area contributed by atoms with Crippen molar-refractivity contribution in [2.24, 2.45) is 5.84 Å². The Morgan fingerprint density at radius 2 is 2.00 bits per heavy atom. The van der Waals surface area contributed by atoms with Gasteiger partial charge in [0, 0.05) is 16.3 Å². The van der Waals surface area contributed by atoms with Gasteiger partial charge in [-0.1, -0.05) is 29.8 Å². The summed E-state index contributed by atoms with van der Waals surface area (Å²) in [6.07, 6.45) is 0.899. The van der Waals surface area contributed by atoms with Crippen LogP contribution in [0.25, 0.3) is 0 Å². The predicted octanol–water partition coefficient (Wildman–Crippen LogP) is 3.15. The van der Waals surface area contributed by atoms with Gasteiger partial charge < -0.3 is 0 Å². The summed E-state index contributed by atoms with van der Waals surface area (Å²) in [6.45, 7) is 0. The molecule has 0 aliphatic rings. The maximum absolute atomic E-state index is 5.85. The molecule has 16 heavy (non-hydrogen) atoms. The van der Waals surface area contributed by atoms with Gasteiger partial charge in [-0.05, 0) is 29.1 Å². The number of halogens is 1. The molecule has 0 saturated heterocycles. The molecule has 0 radical (unpaired) electrons. The van der Waals surface area contributed by atoms with Crippen molar-refractivity contribution < 1.29 is 0 Å². The summed E-state index contributed by atoms with van der Waals surface area (Å²) in [7, 11) is 0. The van der Waals surface area contributed by atoms with E-state index < -0.39 is 0 Å². The summed E-state index contributed by atoms with van der Waals surface area (Å²) in [5.74, 6) is 5.58. The third-order valence-corrected chi connectivity index (χ3v) is 3.61. The van der Waals surface area contributed by atoms with Crippen LogP contribution in [0, 0.1) is 0 Å². The molecule has 84 valence electrons. The topological polar surface area (TPSA) is 38.0 Å². The molecule has 4 heteroatoms. The molecule has 1 atom stereocenters. The molecular formula is C12H13ClN2S. The highest BCUT2D eigenvalue weighted by Crippen LogP contribution is 2.21. The molecule has 3 N–H and O–H groups in total. The lowest BCUT2D eigenvalue weighted by Crippen LogP contribution is -2.29. The molecule has 0 fully saturated rings. The van der Waals surface area contributed by atoms with Gasteiger partial charge in [0.05, 0.1) is 6.04 Å². The third-order valence-electron chi connectivity index (χ3n) is 2.46. The lowest BCUT2D eigenvalue weighted by Gasteiger charge is -2.15. The number of hydrazine groups is 1. The largest absolute Gasteiger partial charge is 0.271 e. The number of nitrogens with one attached hydrogen (secondary N) is 1. The number of hydrogen-bond acceptors (Lipinski definition) is 3. The number of nitrogens with two attached hydrogens (primary N) is 1. The van der Waals surface area contributed by atoms with E-state index in [0.29, 0.717) is 0 Å². The minimum atomic E-state index is 0.135. The number of rotatable bonds is 4. The van der Waals surface area contributed by atoms with E-state index >= 15 is 0 Å². The third kappa shape index (κ3) is 2.83. The van der Waals surface area contributed by atoms with E-state index in [0.717, 1.165) is 17.0 Å². The zero-order valence-electron chi connectivity index (χ0n) is 8.69. The van der Waals surface area contributed by atoms with E-state index in [9.17, 15) is 0 Å². The standard InChI is InChI=1S/C12H13ClN2S/c13-10-5-3-9(4-6-10)12(15-14)8-11-2-1-7-16-11/h1-7,12,15H,8,14H2. The second-order valence-electron chi connectivity index (χ2n) is 3.55. The summed E-state index contributed by atoms with van der Waals surface area (Å²) in [6, 6.07) is 12.1. The first kappa shape index (κ1) is 11.6. The molecular weight excluding hydrogens is 240 g/mol. The van der Waals surface area contributed by atoms with Crippen molar-refractivity contribution in [2.75, 3.05) is 0 Å². The lowest BCUT2D eigenvalue weighted by atomic mass is 10.0. The molecule has 1 heterocycles. The van der Waals surface area contributed by atoms with E-state index in [2.05, 4.69) is 22.9 Å². The molecule has 1 unspecified atom stereocenters. The van der Waals surface area contributed by atoms with Gasteiger partial charge in [-0.25, -0.2) is 0 Å². The van der Waals surface area contributed by atoms with Crippen molar-refractivity contribution in [1.29, 1.82) is 0 Å². The minimum absolute atomic E-state index is 0.135. The summed E-state index contributed by atoms with van der Waals surface area (Å²) in [4.78, 5) is 1.32. The van der Waals surface area contributed by atoms with Gasteiger partial charge in [0.25, 0.3) is 0 Å². The molecule has 2 nitrogen and oxygen atoms in total. The molecule has 2 rings (SSSR count). The Morgan fingerprint density at radius 1 is 1.25 bits per heavy atom. The van der Waals surface area contributed by atoms with E-state index in [4.69, 9.17) is 17.4 Å². The predicted molar refractivity (Wildman–Crippen MR) is 69.5 cm³/mol. The molecule has 0 aliphatic heterocycles. The van der Waals surface area contributed by atoms with Crippen molar-refractivity contribution in [3.05, 3.63) is 57.2 Å². The zero-order valence-corrected chi connectivity index (χ0v) is 10.3. The lowest BCUT2D eigenvalue weighted by molar-refractivity contribution is 0.555. The smallest absolute Gasteiger partial charge is 0.0508 e. The van der Waals surface area contributed by atoms with Crippen molar-refractivity contribution in [1.82, 2.24) is 5.43 Å². The fraction of sp³-hybridized carbons (Fsp3) is 0.167. The second-order valence-corrected chi connectivity index (χ2v) is 5.02. The SMILES string of the molecule is NNC(Cc1cccs1)c1ccc(Cl)cc1. The van der Waals surface area contributed by atoms with Crippen molar-refractivity contribution in [3.8, 4) is 0 Å². The van der Waals surface area contributed by atoms with Crippen molar-refractivity contribution in [2.45, 2.75) is 12.5 Å². The maximum Gasteiger partial charge on any atom is 0.0508 e. The van der Waals surface area contributed by atoms with Gasteiger partial charge in [-0.15, -0.1) is 11.3 Å². The highest BCUT2D eigenvalue weighted by atomic mass is 35.5. The second kappa shape index (κ2) is 5.46. The highest BCUT2D eigenvalue weighted by molar-refractivity contribution is 7.09. The Hall–Kier alpha value is -0.870. The average molecular weight is 253 g/mol. The molecule has 1 aromatic carbocycles. The molecule has 0 bridgehead atoms. The Kier molecular flexibility index (Phi) is 3.96. The Balaban J connectivity index is 2.13. The Bertz CT molecular complexity index is 425. The molecule has 0 amide bonds. The van der Waals surface area contributed by atoms with Gasteiger partial charge >= 0.3 is 0 Å². The zero-order chi connectivity index (χ0) is 11.4. The van der Waals surface area contributed by atoms with Crippen molar-refractivity contribution in [3.63, 3.8) is 0 Å². The van der Waals surface area contributed by atoms with Gasteiger partial charge in [-0.2, -0.15) is 0 Å². The van der Waals surface area contributed by atoms with Crippen LogP contribution < -0.4 is 11.3 Å². The van der Waals surface area contributed by atoms with Crippen molar-refractivity contribution >= 4 is 22.9 Å². The van der Waals surface area contributed by atoms with Gasteiger partial charge in [0.2, 0.25) is 0 Å². The first-order chi connectivity index (χ1) is 7.79. The van der Waals surface area contributed by atoms with Crippen LogP contribution in [-0.4, -0.2) is 0 Å². The fourth-order valence-corrected chi connectivity index (χ4v) is 2.48. The van der Waals surface area contributed by atoms with Crippen LogP contribution in [0.5, 0.6) is 0 Å². The summed E-state index contributed by atoms with van der Waals surface area (Å²) >= 11 is 7.60. The van der Waals surface area contributed by atoms with Gasteiger partial charge in [-0.3, -0.25) is 11.3 Å². The quantitative estimate of drug-likeness (QED) is 0.648.